The minimum absolute atomic E-state index is 0.554. The van der Waals surface area contributed by atoms with E-state index in [9.17, 15) is 0 Å². The maximum atomic E-state index is 5.89. The van der Waals surface area contributed by atoms with Crippen LogP contribution in [0.1, 0.15) is 23.4 Å². The molecule has 15 heavy (non-hydrogen) atoms. The van der Waals surface area contributed by atoms with Crippen LogP contribution >= 0.6 is 11.6 Å². The predicted molar refractivity (Wildman–Crippen MR) is 60.2 cm³/mol. The molecule has 1 aliphatic heterocycles. The summed E-state index contributed by atoms with van der Waals surface area (Å²) >= 11 is 5.89. The van der Waals surface area contributed by atoms with E-state index in [1.54, 1.807) is 0 Å². The maximum absolute atomic E-state index is 5.89. The lowest BCUT2D eigenvalue weighted by Crippen LogP contribution is -2.13. The fourth-order valence-corrected chi connectivity index (χ4v) is 2.46. The van der Waals surface area contributed by atoms with Crippen molar-refractivity contribution in [3.8, 4) is 0 Å². The second kappa shape index (κ2) is 4.54. The molecule has 1 aliphatic rings. The molecule has 0 radical (unpaired) electrons. The number of hydrogen-bond donors (Lipinski definition) is 0. The predicted octanol–water partition coefficient (Wildman–Crippen LogP) is 2.28. The zero-order chi connectivity index (χ0) is 10.8. The smallest absolute Gasteiger partial charge is 0.0640 e. The van der Waals surface area contributed by atoms with Crippen molar-refractivity contribution in [2.45, 2.75) is 32.7 Å². The van der Waals surface area contributed by atoms with Gasteiger partial charge in [0.25, 0.3) is 0 Å². The maximum Gasteiger partial charge on any atom is 0.0640 e. The first-order valence-electron chi connectivity index (χ1n) is 5.39. The molecule has 84 valence electrons. The van der Waals surface area contributed by atoms with Crippen LogP contribution in [-0.2, 0) is 17.2 Å². The molecule has 0 spiro atoms. The summed E-state index contributed by atoms with van der Waals surface area (Å²) in [7, 11) is 0. The topological polar surface area (TPSA) is 27.1 Å². The van der Waals surface area contributed by atoms with E-state index in [0.29, 0.717) is 11.8 Å². The van der Waals surface area contributed by atoms with Gasteiger partial charge in [-0.2, -0.15) is 5.10 Å². The van der Waals surface area contributed by atoms with Gasteiger partial charge < -0.3 is 4.74 Å². The monoisotopic (exact) mass is 228 g/mol. The normalized spacial score (nSPS) is 21.1. The van der Waals surface area contributed by atoms with Crippen LogP contribution in [-0.4, -0.2) is 23.0 Å². The molecule has 1 saturated heterocycles. The van der Waals surface area contributed by atoms with Crippen molar-refractivity contribution in [2.75, 3.05) is 13.2 Å². The summed E-state index contributed by atoms with van der Waals surface area (Å²) in [5, 5.41) is 4.52. The van der Waals surface area contributed by atoms with Crippen molar-refractivity contribution >= 4 is 11.6 Å². The molecule has 0 aromatic carbocycles. The zero-order valence-electron chi connectivity index (χ0n) is 9.29. The highest BCUT2D eigenvalue weighted by Gasteiger charge is 2.19. The van der Waals surface area contributed by atoms with Gasteiger partial charge in [0.2, 0.25) is 0 Å². The second-order valence-corrected chi connectivity index (χ2v) is 4.46. The summed E-state index contributed by atoms with van der Waals surface area (Å²) in [6, 6.07) is 0. The number of nitrogens with zero attached hydrogens (tertiary/aromatic N) is 2. The van der Waals surface area contributed by atoms with Gasteiger partial charge >= 0.3 is 0 Å². The van der Waals surface area contributed by atoms with Crippen molar-refractivity contribution in [2.24, 2.45) is 5.92 Å². The van der Waals surface area contributed by atoms with Crippen molar-refractivity contribution in [3.63, 3.8) is 0 Å². The van der Waals surface area contributed by atoms with Gasteiger partial charge in [-0.1, -0.05) is 0 Å². The molecule has 0 bridgehead atoms. The van der Waals surface area contributed by atoms with Crippen LogP contribution in [0.15, 0.2) is 0 Å². The molecule has 1 unspecified atom stereocenters. The Morgan fingerprint density at radius 1 is 1.53 bits per heavy atom. The Hall–Kier alpha value is -0.540. The molecular weight excluding hydrogens is 212 g/mol. The lowest BCUT2D eigenvalue weighted by Gasteiger charge is -2.09. The lowest BCUT2D eigenvalue weighted by molar-refractivity contribution is 0.181. The molecule has 2 heterocycles. The number of rotatable bonds is 3. The number of aryl methyl sites for hydroxylation is 1. The Kier molecular flexibility index (Phi) is 3.32. The molecule has 3 nitrogen and oxygen atoms in total. The molecule has 4 heteroatoms. The van der Waals surface area contributed by atoms with E-state index in [-0.39, 0.29) is 0 Å². The molecule has 0 N–H and O–H groups in total. The number of ether oxygens (including phenoxy) is 1. The van der Waals surface area contributed by atoms with Gasteiger partial charge in [-0.3, -0.25) is 4.68 Å². The number of alkyl halides is 1. The fourth-order valence-electron chi connectivity index (χ4n) is 2.08. The number of halogens is 1. The highest BCUT2D eigenvalue weighted by Crippen LogP contribution is 2.19. The van der Waals surface area contributed by atoms with Crippen LogP contribution in [0.5, 0.6) is 0 Å². The number of hydrogen-bond acceptors (Lipinski definition) is 2. The Morgan fingerprint density at radius 2 is 2.33 bits per heavy atom. The minimum atomic E-state index is 0.554. The van der Waals surface area contributed by atoms with E-state index in [1.807, 2.05) is 6.92 Å². The van der Waals surface area contributed by atoms with Crippen molar-refractivity contribution < 1.29 is 4.74 Å². The van der Waals surface area contributed by atoms with Crippen LogP contribution < -0.4 is 0 Å². The molecule has 2 rings (SSSR count). The summed E-state index contributed by atoms with van der Waals surface area (Å²) in [4.78, 5) is 0. The first kappa shape index (κ1) is 11.0. The van der Waals surface area contributed by atoms with Gasteiger partial charge in [0.1, 0.15) is 0 Å². The van der Waals surface area contributed by atoms with Crippen molar-refractivity contribution in [1.82, 2.24) is 9.78 Å². The van der Waals surface area contributed by atoms with E-state index in [4.69, 9.17) is 16.3 Å². The summed E-state index contributed by atoms with van der Waals surface area (Å²) in [6.07, 6.45) is 1.15. The highest BCUT2D eigenvalue weighted by molar-refractivity contribution is 6.17. The number of aromatic nitrogens is 2. The van der Waals surface area contributed by atoms with Crippen LogP contribution in [0.3, 0.4) is 0 Å². The third-order valence-electron chi connectivity index (χ3n) is 3.12. The first-order chi connectivity index (χ1) is 7.22. The Labute approximate surface area is 95.4 Å². The van der Waals surface area contributed by atoms with Crippen LogP contribution in [0.4, 0.5) is 0 Å². The van der Waals surface area contributed by atoms with Crippen molar-refractivity contribution in [3.05, 3.63) is 17.0 Å². The highest BCUT2D eigenvalue weighted by atomic mass is 35.5. The lowest BCUT2D eigenvalue weighted by atomic mass is 10.1. The fraction of sp³-hybridized carbons (Fsp3) is 0.727. The van der Waals surface area contributed by atoms with E-state index in [2.05, 4.69) is 16.7 Å². The van der Waals surface area contributed by atoms with Crippen molar-refractivity contribution in [1.29, 1.82) is 0 Å². The zero-order valence-corrected chi connectivity index (χ0v) is 10.0. The SMILES string of the molecule is Cc1nn(CC2CCOC2)c(C)c1CCl. The van der Waals surface area contributed by atoms with Crippen LogP contribution in [0, 0.1) is 19.8 Å². The molecule has 1 fully saturated rings. The molecular formula is C11H17ClN2O. The van der Waals surface area contributed by atoms with Gasteiger partial charge in [0.15, 0.2) is 0 Å². The summed E-state index contributed by atoms with van der Waals surface area (Å²) in [5.41, 5.74) is 3.44. The van der Waals surface area contributed by atoms with E-state index < -0.39 is 0 Å². The van der Waals surface area contributed by atoms with Crippen LogP contribution in [0.25, 0.3) is 0 Å². The standard InChI is InChI=1S/C11H17ClN2O/c1-8-11(5-12)9(2)14(13-8)6-10-3-4-15-7-10/h10H,3-7H2,1-2H3. The Balaban J connectivity index is 2.13. The minimum Gasteiger partial charge on any atom is -0.381 e. The summed E-state index contributed by atoms with van der Waals surface area (Å²) < 4.78 is 7.44. The molecule has 1 atom stereocenters. The molecule has 0 saturated carbocycles. The average Bonchev–Trinajstić information content (AvgIpc) is 2.78. The third-order valence-corrected chi connectivity index (χ3v) is 3.39. The van der Waals surface area contributed by atoms with Gasteiger partial charge in [0, 0.05) is 30.3 Å². The van der Waals surface area contributed by atoms with E-state index in [0.717, 1.165) is 31.9 Å². The Bertz CT molecular complexity index is 343. The van der Waals surface area contributed by atoms with E-state index >= 15 is 0 Å². The summed E-state index contributed by atoms with van der Waals surface area (Å²) in [6.45, 7) is 6.84. The molecule has 1 aromatic rings. The second-order valence-electron chi connectivity index (χ2n) is 4.19. The molecule has 1 aromatic heterocycles. The van der Waals surface area contributed by atoms with Gasteiger partial charge in [0.05, 0.1) is 18.2 Å². The van der Waals surface area contributed by atoms with Gasteiger partial charge in [-0.05, 0) is 20.3 Å². The van der Waals surface area contributed by atoms with E-state index in [1.165, 1.54) is 11.3 Å². The first-order valence-corrected chi connectivity index (χ1v) is 5.92. The quantitative estimate of drug-likeness (QED) is 0.743. The Morgan fingerprint density at radius 3 is 2.87 bits per heavy atom. The van der Waals surface area contributed by atoms with Crippen LogP contribution in [0.2, 0.25) is 0 Å². The molecule has 0 aliphatic carbocycles. The summed E-state index contributed by atoms with van der Waals surface area (Å²) in [5.74, 6) is 1.17. The average molecular weight is 229 g/mol. The van der Waals surface area contributed by atoms with Gasteiger partial charge in [-0.25, -0.2) is 0 Å². The third kappa shape index (κ3) is 2.18. The molecule has 0 amide bonds. The largest absolute Gasteiger partial charge is 0.381 e. The van der Waals surface area contributed by atoms with Gasteiger partial charge in [-0.15, -0.1) is 11.6 Å².